The first-order chi connectivity index (χ1) is 21.9. The number of carboxylic acid groups (broad SMARTS) is 1. The molecule has 8 nitrogen and oxygen atoms in total. The molecule has 10 atom stereocenters. The Morgan fingerprint density at radius 1 is 0.936 bits per heavy atom. The van der Waals surface area contributed by atoms with Crippen LogP contribution in [-0.4, -0.2) is 43.8 Å². The highest BCUT2D eigenvalue weighted by atomic mass is 16.5. The van der Waals surface area contributed by atoms with Crippen LogP contribution in [0.1, 0.15) is 145 Å². The zero-order valence-electron chi connectivity index (χ0n) is 30.6. The summed E-state index contributed by atoms with van der Waals surface area (Å²) in [5.41, 5.74) is 1.71. The van der Waals surface area contributed by atoms with Gasteiger partial charge in [0, 0.05) is 11.8 Å². The number of fused-ring (bicyclic) bond motifs is 7. The smallest absolute Gasteiger partial charge is 0.306 e. The van der Waals surface area contributed by atoms with E-state index in [0.29, 0.717) is 35.0 Å². The summed E-state index contributed by atoms with van der Waals surface area (Å²) < 4.78 is 6.27. The van der Waals surface area contributed by atoms with Gasteiger partial charge in [0.25, 0.3) is 0 Å². The fourth-order valence-electron chi connectivity index (χ4n) is 13.6. The Morgan fingerprint density at radius 3 is 2.34 bits per heavy atom. The minimum atomic E-state index is -0.874. The minimum absolute atomic E-state index is 0.0369. The third-order valence-corrected chi connectivity index (χ3v) is 15.9. The lowest BCUT2D eigenvalue weighted by Crippen LogP contribution is -2.66. The highest BCUT2D eigenvalue weighted by molar-refractivity contribution is 5.73. The van der Waals surface area contributed by atoms with Crippen LogP contribution in [-0.2, 0) is 20.7 Å². The largest absolute Gasteiger partial charge is 0.481 e. The molecule has 2 N–H and O–H groups in total. The van der Waals surface area contributed by atoms with Crippen LogP contribution < -0.4 is 0 Å². The zero-order chi connectivity index (χ0) is 34.2. The van der Waals surface area contributed by atoms with E-state index in [1.165, 1.54) is 56.9 Å². The number of aromatic nitrogens is 4. The van der Waals surface area contributed by atoms with Crippen molar-refractivity contribution in [3.8, 4) is 0 Å². The molecular formula is C39H62N4O4. The molecule has 8 heteroatoms. The van der Waals surface area contributed by atoms with E-state index in [4.69, 9.17) is 4.74 Å². The first-order valence-electron chi connectivity index (χ1n) is 18.7. The van der Waals surface area contributed by atoms with E-state index in [2.05, 4.69) is 68.7 Å². The lowest BCUT2D eigenvalue weighted by molar-refractivity contribution is -0.250. The van der Waals surface area contributed by atoms with Crippen molar-refractivity contribution < 1.29 is 19.4 Å². The van der Waals surface area contributed by atoms with Crippen LogP contribution in [0.5, 0.6) is 0 Å². The quantitative estimate of drug-likeness (QED) is 0.203. The maximum absolute atomic E-state index is 13.2. The molecular weight excluding hydrogens is 588 g/mol. The third-order valence-electron chi connectivity index (χ3n) is 15.9. The molecule has 5 aliphatic rings. The normalized spacial score (nSPS) is 42.4. The first-order valence-corrected chi connectivity index (χ1v) is 18.7. The number of aliphatic carboxylic acids is 1. The van der Waals surface area contributed by atoms with Gasteiger partial charge in [-0.2, -0.15) is 5.21 Å². The summed E-state index contributed by atoms with van der Waals surface area (Å²) in [4.78, 5) is 24.5. The Kier molecular flexibility index (Phi) is 8.60. The molecule has 262 valence electrons. The number of tetrazole rings is 1. The van der Waals surface area contributed by atoms with Crippen molar-refractivity contribution in [3.05, 3.63) is 18.0 Å². The van der Waals surface area contributed by atoms with Crippen LogP contribution in [0.2, 0.25) is 0 Å². The van der Waals surface area contributed by atoms with Gasteiger partial charge in [0.05, 0.1) is 12.8 Å². The van der Waals surface area contributed by atoms with Crippen LogP contribution in [0.4, 0.5) is 0 Å². The molecule has 6 rings (SSSR count). The van der Waals surface area contributed by atoms with Gasteiger partial charge < -0.3 is 9.84 Å². The highest BCUT2D eigenvalue weighted by Gasteiger charge is 2.71. The lowest BCUT2D eigenvalue weighted by Gasteiger charge is -2.73. The van der Waals surface area contributed by atoms with Gasteiger partial charge in [0.2, 0.25) is 0 Å². The average molecular weight is 651 g/mol. The predicted octanol–water partition coefficient (Wildman–Crippen LogP) is 8.59. The molecule has 0 radical (unpaired) electrons. The number of hydrogen-bond acceptors (Lipinski definition) is 6. The molecule has 1 aromatic heterocycles. The van der Waals surface area contributed by atoms with E-state index < -0.39 is 11.4 Å². The first kappa shape index (κ1) is 34.6. The fraction of sp³-hybridized carbons (Fsp3) is 0.872. The van der Waals surface area contributed by atoms with Crippen LogP contribution in [0, 0.1) is 62.1 Å². The topological polar surface area (TPSA) is 118 Å². The van der Waals surface area contributed by atoms with E-state index in [-0.39, 0.29) is 46.6 Å². The number of nitrogens with one attached hydrogen (secondary N) is 1. The molecule has 0 bridgehead atoms. The van der Waals surface area contributed by atoms with Crippen molar-refractivity contribution in [1.29, 1.82) is 0 Å². The number of allylic oxidation sites excluding steroid dienone is 1. The summed E-state index contributed by atoms with van der Waals surface area (Å²) in [5.74, 6) is 2.83. The molecule has 5 aliphatic carbocycles. The molecule has 1 heterocycles. The molecule has 0 aliphatic heterocycles. The van der Waals surface area contributed by atoms with Crippen molar-refractivity contribution in [2.24, 2.45) is 62.1 Å². The second-order valence-electron chi connectivity index (χ2n) is 19.1. The fourth-order valence-corrected chi connectivity index (χ4v) is 13.6. The Balaban J connectivity index is 1.24. The number of ether oxygens (including phenoxy) is 1. The van der Waals surface area contributed by atoms with E-state index in [1.54, 1.807) is 0 Å². The monoisotopic (exact) mass is 650 g/mol. The summed E-state index contributed by atoms with van der Waals surface area (Å²) in [6.07, 6.45) is 14.1. The molecule has 4 unspecified atom stereocenters. The molecule has 0 spiro atoms. The van der Waals surface area contributed by atoms with Crippen molar-refractivity contribution >= 4 is 11.9 Å². The Morgan fingerprint density at radius 2 is 1.68 bits per heavy atom. The minimum Gasteiger partial charge on any atom is -0.481 e. The number of carbonyl (C=O) groups excluding carboxylic acids is 1. The van der Waals surface area contributed by atoms with Crippen LogP contribution >= 0.6 is 0 Å². The number of carboxylic acids is 1. The van der Waals surface area contributed by atoms with E-state index in [0.717, 1.165) is 31.5 Å². The van der Waals surface area contributed by atoms with Crippen molar-refractivity contribution in [2.45, 2.75) is 151 Å². The van der Waals surface area contributed by atoms with E-state index >= 15 is 0 Å². The number of rotatable bonds is 9. The Bertz CT molecular complexity index is 1370. The molecule has 5 saturated carbocycles. The van der Waals surface area contributed by atoms with E-state index in [9.17, 15) is 14.7 Å². The second kappa shape index (κ2) is 11.7. The second-order valence-corrected chi connectivity index (χ2v) is 19.1. The van der Waals surface area contributed by atoms with Gasteiger partial charge in [-0.25, -0.2) is 0 Å². The summed E-state index contributed by atoms with van der Waals surface area (Å²) in [6, 6.07) is 0. The number of aromatic amines is 1. The van der Waals surface area contributed by atoms with Gasteiger partial charge in [0.1, 0.15) is 6.10 Å². The lowest BCUT2D eigenvalue weighted by atomic mass is 9.32. The van der Waals surface area contributed by atoms with Gasteiger partial charge >= 0.3 is 11.9 Å². The maximum Gasteiger partial charge on any atom is 0.306 e. The standard InChI is InChI=1S/C39H62N4O4/c1-24(2)25-12-18-39(19-15-30-40-42-43-41-30)21-20-37(8)26(33(25)39)10-11-28-36(7)16-14-29(35(5,6)27(36)13-17-38(28,37)9)47-32(46)23-34(3,4)22-31(44)45/h25-29,33H,1,10-23H2,2-9H3,(H,44,45)(H,40,41,42,43)/t25-,26+,27?,28?,29?,33?,36-,37+,38+,39-/m0/s1. The van der Waals surface area contributed by atoms with Gasteiger partial charge in [-0.1, -0.05) is 65.8 Å². The molecule has 5 fully saturated rings. The molecule has 0 aromatic carbocycles. The zero-order valence-corrected chi connectivity index (χ0v) is 30.6. The van der Waals surface area contributed by atoms with Crippen LogP contribution in [0.3, 0.4) is 0 Å². The van der Waals surface area contributed by atoms with Gasteiger partial charge in [0.15, 0.2) is 5.82 Å². The average Bonchev–Trinajstić information content (AvgIpc) is 3.61. The third kappa shape index (κ3) is 5.50. The highest BCUT2D eigenvalue weighted by Crippen LogP contribution is 2.78. The molecule has 0 saturated heterocycles. The number of esters is 1. The molecule has 1 aromatic rings. The maximum atomic E-state index is 13.2. The summed E-state index contributed by atoms with van der Waals surface area (Å²) in [7, 11) is 0. The van der Waals surface area contributed by atoms with Crippen molar-refractivity contribution in [2.75, 3.05) is 0 Å². The SMILES string of the molecule is C=C(C)[C@@H]1CC[C@]2(CCc3nn[nH]n3)CC[C@]3(C)[C@H](CCC4[C@@]5(C)CCC(OC(=O)CC(C)(C)CC(=O)O)C(C)(C)C5CC[C@]43C)C12. The number of hydrogen-bond donors (Lipinski definition) is 2. The molecule has 47 heavy (non-hydrogen) atoms. The predicted molar refractivity (Wildman–Crippen MR) is 182 cm³/mol. The molecule has 0 amide bonds. The van der Waals surface area contributed by atoms with Gasteiger partial charge in [-0.15, -0.1) is 10.2 Å². The van der Waals surface area contributed by atoms with Crippen molar-refractivity contribution in [3.63, 3.8) is 0 Å². The summed E-state index contributed by atoms with van der Waals surface area (Å²) in [5, 5.41) is 24.5. The van der Waals surface area contributed by atoms with Gasteiger partial charge in [-0.05, 0) is 134 Å². The van der Waals surface area contributed by atoms with Crippen LogP contribution in [0.25, 0.3) is 0 Å². The number of carbonyl (C=O) groups is 2. The van der Waals surface area contributed by atoms with Crippen LogP contribution in [0.15, 0.2) is 12.2 Å². The Labute approximate surface area is 283 Å². The summed E-state index contributed by atoms with van der Waals surface area (Å²) in [6.45, 7) is 23.2. The van der Waals surface area contributed by atoms with E-state index in [1.807, 2.05) is 13.8 Å². The number of aryl methyl sites for hydroxylation is 1. The number of nitrogens with zero attached hydrogens (tertiary/aromatic N) is 3. The van der Waals surface area contributed by atoms with Gasteiger partial charge in [-0.3, -0.25) is 9.59 Å². The number of H-pyrrole nitrogens is 1. The summed E-state index contributed by atoms with van der Waals surface area (Å²) >= 11 is 0. The van der Waals surface area contributed by atoms with Crippen molar-refractivity contribution in [1.82, 2.24) is 20.6 Å². The Hall–Kier alpha value is -2.25.